The van der Waals surface area contributed by atoms with Crippen molar-refractivity contribution in [3.63, 3.8) is 0 Å². The van der Waals surface area contributed by atoms with Gasteiger partial charge in [-0.1, -0.05) is 24.3 Å². The van der Waals surface area contributed by atoms with Crippen LogP contribution in [0.5, 0.6) is 0 Å². The molecule has 0 atom stereocenters. The van der Waals surface area contributed by atoms with Crippen molar-refractivity contribution in [1.82, 2.24) is 23.9 Å². The highest BCUT2D eigenvalue weighted by Crippen LogP contribution is 2.52. The molecule has 1 fully saturated rings. The largest absolute Gasteiger partial charge is 0.397 e. The zero-order chi connectivity index (χ0) is 24.9. The Labute approximate surface area is 213 Å². The molecule has 2 aromatic carbocycles. The average molecular weight is 498 g/mol. The first-order chi connectivity index (χ1) is 17.4. The van der Waals surface area contributed by atoms with Crippen LogP contribution in [-0.4, -0.2) is 29.8 Å². The first kappa shape index (κ1) is 22.3. The molecular weight excluding hydrogens is 474 g/mol. The van der Waals surface area contributed by atoms with Crippen molar-refractivity contribution in [2.45, 2.75) is 31.8 Å². The van der Waals surface area contributed by atoms with Gasteiger partial charge in [0.2, 0.25) is 0 Å². The van der Waals surface area contributed by atoms with Crippen LogP contribution in [-0.2, 0) is 12.1 Å². The molecule has 0 spiro atoms. The topological polar surface area (TPSA) is 102 Å². The lowest BCUT2D eigenvalue weighted by Gasteiger charge is -2.20. The standard InChI is InChI=1S/C27H24ClN7O/c1-17-24(35-16-34(28)15-11-23(35)31-17)22-10-14-30-26(33-22)27(12-13-27)19-8-6-18(7-9-19)25(36)32-21-5-3-2-4-20(21)29/h2-11,14-15H,12-13,16,29H2,1H3,(H,32,36). The lowest BCUT2D eigenvalue weighted by atomic mass is 9.93. The van der Waals surface area contributed by atoms with Crippen molar-refractivity contribution >= 4 is 35.1 Å². The van der Waals surface area contributed by atoms with Gasteiger partial charge in [-0.05, 0) is 61.7 Å². The van der Waals surface area contributed by atoms with Crippen molar-refractivity contribution in [2.24, 2.45) is 0 Å². The summed E-state index contributed by atoms with van der Waals surface area (Å²) in [6, 6.07) is 16.8. The number of carbonyl (C=O) groups excluding carboxylic acids is 1. The van der Waals surface area contributed by atoms with Crippen molar-refractivity contribution in [3.05, 3.63) is 95.5 Å². The lowest BCUT2D eigenvalue weighted by Crippen LogP contribution is -2.18. The third-order valence-corrected chi connectivity index (χ3v) is 7.04. The molecule has 180 valence electrons. The summed E-state index contributed by atoms with van der Waals surface area (Å²) in [6.07, 6.45) is 7.40. The van der Waals surface area contributed by atoms with Crippen LogP contribution in [0.1, 0.15) is 46.1 Å². The van der Waals surface area contributed by atoms with E-state index in [2.05, 4.69) is 19.9 Å². The van der Waals surface area contributed by atoms with E-state index in [1.807, 2.05) is 55.5 Å². The fourth-order valence-electron chi connectivity index (χ4n) is 4.75. The van der Waals surface area contributed by atoms with Crippen LogP contribution in [0.25, 0.3) is 17.5 Å². The van der Waals surface area contributed by atoms with E-state index in [0.717, 1.165) is 47.1 Å². The second-order valence-electron chi connectivity index (χ2n) is 9.16. The number of rotatable bonds is 5. The summed E-state index contributed by atoms with van der Waals surface area (Å²) in [6.45, 7) is 2.47. The summed E-state index contributed by atoms with van der Waals surface area (Å²) in [5.74, 6) is 1.43. The number of aromatic nitrogens is 4. The number of para-hydroxylation sites is 2. The Morgan fingerprint density at radius 3 is 2.61 bits per heavy atom. The lowest BCUT2D eigenvalue weighted by molar-refractivity contribution is 0.102. The molecule has 9 heteroatoms. The predicted molar refractivity (Wildman–Crippen MR) is 140 cm³/mol. The van der Waals surface area contributed by atoms with Crippen LogP contribution in [0.4, 0.5) is 11.4 Å². The Morgan fingerprint density at radius 1 is 1.08 bits per heavy atom. The van der Waals surface area contributed by atoms with Crippen molar-refractivity contribution in [1.29, 1.82) is 0 Å². The molecule has 36 heavy (non-hydrogen) atoms. The molecule has 0 saturated heterocycles. The number of aryl methyl sites for hydroxylation is 1. The van der Waals surface area contributed by atoms with Gasteiger partial charge >= 0.3 is 0 Å². The minimum absolute atomic E-state index is 0.203. The SMILES string of the molecule is Cc1nc2n(c1-c1ccnc(C3(c4ccc(C(=O)Nc5ccccc5N)cc4)CC3)n1)CN(Cl)C=C2. The maximum atomic E-state index is 12.7. The van der Waals surface area contributed by atoms with E-state index >= 15 is 0 Å². The second-order valence-corrected chi connectivity index (χ2v) is 9.59. The molecule has 1 aliphatic carbocycles. The fourth-order valence-corrected chi connectivity index (χ4v) is 4.92. The third kappa shape index (κ3) is 3.79. The second kappa shape index (κ2) is 8.49. The molecule has 0 unspecified atom stereocenters. The molecule has 2 aromatic heterocycles. The number of benzene rings is 2. The first-order valence-electron chi connectivity index (χ1n) is 11.7. The van der Waals surface area contributed by atoms with Gasteiger partial charge in [-0.25, -0.2) is 15.0 Å². The molecule has 1 saturated carbocycles. The summed E-state index contributed by atoms with van der Waals surface area (Å²) < 4.78 is 3.65. The Kier molecular flexibility index (Phi) is 5.26. The van der Waals surface area contributed by atoms with Gasteiger partial charge in [-0.15, -0.1) is 0 Å². The number of hydrogen-bond donors (Lipinski definition) is 2. The molecule has 0 bridgehead atoms. The highest BCUT2D eigenvalue weighted by atomic mass is 35.5. The van der Waals surface area contributed by atoms with Gasteiger partial charge in [0.05, 0.1) is 33.9 Å². The number of carbonyl (C=O) groups is 1. The van der Waals surface area contributed by atoms with E-state index in [-0.39, 0.29) is 11.3 Å². The number of nitrogen functional groups attached to an aromatic ring is 1. The third-order valence-electron chi connectivity index (χ3n) is 6.82. The Balaban J connectivity index is 1.28. The van der Waals surface area contributed by atoms with Crippen molar-refractivity contribution in [2.75, 3.05) is 11.1 Å². The molecule has 2 aliphatic rings. The summed E-state index contributed by atoms with van der Waals surface area (Å²) >= 11 is 6.23. The van der Waals surface area contributed by atoms with Crippen molar-refractivity contribution in [3.8, 4) is 11.4 Å². The zero-order valence-electron chi connectivity index (χ0n) is 19.6. The van der Waals surface area contributed by atoms with E-state index < -0.39 is 0 Å². The molecule has 1 amide bonds. The van der Waals surface area contributed by atoms with Crippen LogP contribution in [0.15, 0.2) is 67.0 Å². The number of nitrogens with zero attached hydrogens (tertiary/aromatic N) is 5. The number of hydrogen-bond acceptors (Lipinski definition) is 6. The molecule has 4 aromatic rings. The highest BCUT2D eigenvalue weighted by Gasteiger charge is 2.48. The van der Waals surface area contributed by atoms with Gasteiger partial charge in [0, 0.05) is 29.7 Å². The summed E-state index contributed by atoms with van der Waals surface area (Å²) in [5.41, 5.74) is 11.1. The average Bonchev–Trinajstić information content (AvgIpc) is 3.63. The van der Waals surface area contributed by atoms with Gasteiger partial charge in [0.25, 0.3) is 5.91 Å². The van der Waals surface area contributed by atoms with Crippen LogP contribution in [0.2, 0.25) is 0 Å². The van der Waals surface area contributed by atoms with Crippen LogP contribution >= 0.6 is 11.8 Å². The van der Waals surface area contributed by atoms with E-state index in [9.17, 15) is 4.79 Å². The summed E-state index contributed by atoms with van der Waals surface area (Å²) in [4.78, 5) is 27.1. The maximum Gasteiger partial charge on any atom is 0.255 e. The van der Waals surface area contributed by atoms with Gasteiger partial charge in [-0.2, -0.15) is 0 Å². The Bertz CT molecular complexity index is 1510. The molecule has 0 radical (unpaired) electrons. The first-order valence-corrected chi connectivity index (χ1v) is 12.1. The predicted octanol–water partition coefficient (Wildman–Crippen LogP) is 4.96. The monoisotopic (exact) mass is 497 g/mol. The number of imidazole rings is 1. The maximum absolute atomic E-state index is 12.7. The van der Waals surface area contributed by atoms with Gasteiger partial charge < -0.3 is 15.6 Å². The zero-order valence-corrected chi connectivity index (χ0v) is 20.4. The van der Waals surface area contributed by atoms with Crippen LogP contribution < -0.4 is 11.1 Å². The summed E-state index contributed by atoms with van der Waals surface area (Å²) in [7, 11) is 0. The minimum atomic E-state index is -0.258. The van der Waals surface area contributed by atoms with Gasteiger partial charge in [0.15, 0.2) is 0 Å². The minimum Gasteiger partial charge on any atom is -0.397 e. The van der Waals surface area contributed by atoms with E-state index in [4.69, 9.17) is 22.5 Å². The van der Waals surface area contributed by atoms with Crippen LogP contribution in [0, 0.1) is 6.92 Å². The summed E-state index contributed by atoms with van der Waals surface area (Å²) in [5, 5.41) is 2.87. The fraction of sp³-hybridized carbons (Fsp3) is 0.185. The van der Waals surface area contributed by atoms with Gasteiger partial charge in [-0.3, -0.25) is 9.21 Å². The molecule has 3 heterocycles. The smallest absolute Gasteiger partial charge is 0.255 e. The van der Waals surface area contributed by atoms with E-state index in [1.165, 1.54) is 0 Å². The molecule has 3 N–H and O–H groups in total. The number of fused-ring (bicyclic) bond motifs is 1. The van der Waals surface area contributed by atoms with Crippen molar-refractivity contribution < 1.29 is 4.79 Å². The number of anilines is 2. The molecule has 1 aliphatic heterocycles. The normalized spacial score (nSPS) is 15.4. The van der Waals surface area contributed by atoms with Crippen LogP contribution in [0.3, 0.4) is 0 Å². The number of halogens is 1. The number of nitrogens with two attached hydrogens (primary N) is 1. The number of nitrogens with one attached hydrogen (secondary N) is 1. The Hall–Kier alpha value is -4.17. The van der Waals surface area contributed by atoms with E-state index in [0.29, 0.717) is 23.6 Å². The molecule has 8 nitrogen and oxygen atoms in total. The Morgan fingerprint density at radius 2 is 1.86 bits per heavy atom. The highest BCUT2D eigenvalue weighted by molar-refractivity contribution is 6.14. The van der Waals surface area contributed by atoms with E-state index in [1.54, 1.807) is 28.9 Å². The number of amides is 1. The van der Waals surface area contributed by atoms with Gasteiger partial charge in [0.1, 0.15) is 18.3 Å². The quantitative estimate of drug-likeness (QED) is 0.298. The molecule has 6 rings (SSSR count). The molecular formula is C27H24ClN7O.